The Balaban J connectivity index is 1.98. The van der Waals surface area contributed by atoms with Gasteiger partial charge in [-0.1, -0.05) is 44.5 Å². The van der Waals surface area contributed by atoms with E-state index in [0.29, 0.717) is 24.7 Å². The Labute approximate surface area is 184 Å². The summed E-state index contributed by atoms with van der Waals surface area (Å²) in [6.45, 7) is 8.21. The van der Waals surface area contributed by atoms with Gasteiger partial charge in [0, 0.05) is 19.2 Å². The summed E-state index contributed by atoms with van der Waals surface area (Å²) in [5, 5.41) is 15.1. The first-order valence-electron chi connectivity index (χ1n) is 11.0. The minimum Gasteiger partial charge on any atom is -0.438 e. The monoisotopic (exact) mass is 425 g/mol. The first-order chi connectivity index (χ1) is 15.0. The fourth-order valence-electron chi connectivity index (χ4n) is 3.71. The lowest BCUT2D eigenvalue weighted by Crippen LogP contribution is -2.33. The van der Waals surface area contributed by atoms with Crippen molar-refractivity contribution in [3.63, 3.8) is 0 Å². The molecule has 0 saturated heterocycles. The summed E-state index contributed by atoms with van der Waals surface area (Å²) in [5.74, 6) is 0.642. The minimum atomic E-state index is -0.367. The van der Waals surface area contributed by atoms with E-state index in [9.17, 15) is 9.50 Å². The summed E-state index contributed by atoms with van der Waals surface area (Å²) < 4.78 is 21.8. The Morgan fingerprint density at radius 3 is 2.55 bits per heavy atom. The normalized spacial score (nSPS) is 12.3. The highest BCUT2D eigenvalue weighted by atomic mass is 19.1. The number of nitrogens with zero attached hydrogens (tertiary/aromatic N) is 3. The highest BCUT2D eigenvalue weighted by Crippen LogP contribution is 2.32. The third-order valence-corrected chi connectivity index (χ3v) is 5.16. The maximum absolute atomic E-state index is 13.8. The molecule has 166 valence electrons. The third-order valence-electron chi connectivity index (χ3n) is 5.16. The number of aliphatic hydroxyl groups excluding tert-OH is 1. The highest BCUT2D eigenvalue weighted by Gasteiger charge is 2.22. The van der Waals surface area contributed by atoms with Gasteiger partial charge in [-0.2, -0.15) is 5.10 Å². The van der Waals surface area contributed by atoms with Gasteiger partial charge in [0.25, 0.3) is 0 Å². The SMILES string of the molecule is CCC[C@H](O)CN(CCC)Cc1c(C)nn(-c2ccccc2)c1Oc1cccc(F)c1. The van der Waals surface area contributed by atoms with E-state index < -0.39 is 0 Å². The van der Waals surface area contributed by atoms with Crippen molar-refractivity contribution in [3.05, 3.63) is 71.7 Å². The molecule has 0 spiro atoms. The highest BCUT2D eigenvalue weighted by molar-refractivity contribution is 5.43. The van der Waals surface area contributed by atoms with Gasteiger partial charge in [-0.25, -0.2) is 9.07 Å². The topological polar surface area (TPSA) is 50.5 Å². The summed E-state index contributed by atoms with van der Waals surface area (Å²) in [5.41, 5.74) is 2.66. The van der Waals surface area contributed by atoms with Gasteiger partial charge in [-0.3, -0.25) is 4.90 Å². The van der Waals surface area contributed by atoms with Crippen LogP contribution in [-0.2, 0) is 6.54 Å². The third kappa shape index (κ3) is 6.15. The van der Waals surface area contributed by atoms with Crippen molar-refractivity contribution >= 4 is 0 Å². The number of halogens is 1. The van der Waals surface area contributed by atoms with Crippen LogP contribution >= 0.6 is 0 Å². The Morgan fingerprint density at radius 1 is 1.10 bits per heavy atom. The molecule has 0 fully saturated rings. The van der Waals surface area contributed by atoms with Crippen molar-refractivity contribution in [2.24, 2.45) is 0 Å². The van der Waals surface area contributed by atoms with Crippen molar-refractivity contribution in [2.45, 2.75) is 52.7 Å². The van der Waals surface area contributed by atoms with Crippen LogP contribution in [0.2, 0.25) is 0 Å². The van der Waals surface area contributed by atoms with Gasteiger partial charge in [0.05, 0.1) is 23.0 Å². The molecule has 31 heavy (non-hydrogen) atoms. The second-order valence-electron chi connectivity index (χ2n) is 7.85. The first-order valence-corrected chi connectivity index (χ1v) is 11.0. The summed E-state index contributed by atoms with van der Waals surface area (Å²) >= 11 is 0. The number of hydrogen-bond acceptors (Lipinski definition) is 4. The molecule has 6 heteroatoms. The van der Waals surface area contributed by atoms with Gasteiger partial charge < -0.3 is 9.84 Å². The van der Waals surface area contributed by atoms with Crippen molar-refractivity contribution in [1.29, 1.82) is 0 Å². The molecule has 2 aromatic carbocycles. The Bertz CT molecular complexity index is 959. The lowest BCUT2D eigenvalue weighted by molar-refractivity contribution is 0.100. The molecule has 0 aliphatic carbocycles. The van der Waals surface area contributed by atoms with Crippen LogP contribution in [0.3, 0.4) is 0 Å². The van der Waals surface area contributed by atoms with Crippen LogP contribution in [0.5, 0.6) is 11.6 Å². The predicted molar refractivity (Wildman–Crippen MR) is 121 cm³/mol. The second-order valence-corrected chi connectivity index (χ2v) is 7.85. The van der Waals surface area contributed by atoms with Crippen molar-refractivity contribution in [1.82, 2.24) is 14.7 Å². The largest absolute Gasteiger partial charge is 0.438 e. The summed E-state index contributed by atoms with van der Waals surface area (Å²) in [7, 11) is 0. The zero-order valence-corrected chi connectivity index (χ0v) is 18.6. The molecule has 1 atom stereocenters. The number of para-hydroxylation sites is 1. The fourth-order valence-corrected chi connectivity index (χ4v) is 3.71. The zero-order valence-electron chi connectivity index (χ0n) is 18.6. The number of aromatic nitrogens is 2. The zero-order chi connectivity index (χ0) is 22.2. The Kier molecular flexibility index (Phi) is 8.20. The van der Waals surface area contributed by atoms with Crippen LogP contribution in [-0.4, -0.2) is 39.0 Å². The lowest BCUT2D eigenvalue weighted by Gasteiger charge is -2.25. The van der Waals surface area contributed by atoms with Crippen LogP contribution < -0.4 is 4.74 Å². The molecule has 0 aliphatic heterocycles. The molecule has 3 rings (SSSR count). The maximum Gasteiger partial charge on any atom is 0.227 e. The number of aliphatic hydroxyl groups is 1. The predicted octanol–water partition coefficient (Wildman–Crippen LogP) is 5.49. The number of ether oxygens (including phenoxy) is 1. The van der Waals surface area contributed by atoms with E-state index in [-0.39, 0.29) is 11.9 Å². The van der Waals surface area contributed by atoms with Crippen molar-refractivity contribution in [2.75, 3.05) is 13.1 Å². The van der Waals surface area contributed by atoms with Gasteiger partial charge >= 0.3 is 0 Å². The van der Waals surface area contributed by atoms with E-state index in [0.717, 1.165) is 42.8 Å². The van der Waals surface area contributed by atoms with Crippen molar-refractivity contribution in [3.8, 4) is 17.3 Å². The average Bonchev–Trinajstić information content (AvgIpc) is 3.04. The summed E-state index contributed by atoms with van der Waals surface area (Å²) in [6, 6.07) is 15.9. The molecular weight excluding hydrogens is 393 g/mol. The summed E-state index contributed by atoms with van der Waals surface area (Å²) in [4.78, 5) is 2.23. The number of rotatable bonds is 11. The van der Waals surface area contributed by atoms with E-state index in [4.69, 9.17) is 9.84 Å². The average molecular weight is 426 g/mol. The smallest absolute Gasteiger partial charge is 0.227 e. The second kappa shape index (κ2) is 11.1. The molecule has 1 aromatic heterocycles. The van der Waals surface area contributed by atoms with E-state index in [1.54, 1.807) is 16.8 Å². The van der Waals surface area contributed by atoms with Crippen LogP contribution in [0.15, 0.2) is 54.6 Å². The molecule has 3 aromatic rings. The molecule has 5 nitrogen and oxygen atoms in total. The molecule has 0 amide bonds. The molecule has 1 N–H and O–H groups in total. The minimum absolute atomic E-state index is 0.350. The fraction of sp³-hybridized carbons (Fsp3) is 0.400. The van der Waals surface area contributed by atoms with Crippen molar-refractivity contribution < 1.29 is 14.2 Å². The lowest BCUT2D eigenvalue weighted by atomic mass is 10.1. The molecular formula is C25H32FN3O2. The molecule has 0 bridgehead atoms. The van der Waals surface area contributed by atoms with Crippen LogP contribution in [0, 0.1) is 12.7 Å². The van der Waals surface area contributed by atoms with E-state index >= 15 is 0 Å². The Hall–Kier alpha value is -2.70. The van der Waals surface area contributed by atoms with E-state index in [1.165, 1.54) is 12.1 Å². The quantitative estimate of drug-likeness (QED) is 0.442. The molecule has 0 unspecified atom stereocenters. The number of hydrogen-bond donors (Lipinski definition) is 1. The number of aryl methyl sites for hydroxylation is 1. The molecule has 0 saturated carbocycles. The first kappa shape index (κ1) is 23.0. The van der Waals surface area contributed by atoms with E-state index in [2.05, 4.69) is 18.7 Å². The van der Waals surface area contributed by atoms with Crippen LogP contribution in [0.1, 0.15) is 44.4 Å². The van der Waals surface area contributed by atoms with Gasteiger partial charge in [-0.15, -0.1) is 0 Å². The number of benzene rings is 2. The standard InChI is InChI=1S/C25H32FN3O2/c1-4-10-22(30)17-28(15-5-2)18-24-19(3)27-29(21-12-7-6-8-13-21)25(24)31-23-14-9-11-20(26)16-23/h6-9,11-14,16,22,30H,4-5,10,15,17-18H2,1-3H3/t22-/m0/s1. The van der Waals surface area contributed by atoms with E-state index in [1.807, 2.05) is 37.3 Å². The van der Waals surface area contributed by atoms with Gasteiger partial charge in [0.2, 0.25) is 5.88 Å². The summed E-state index contributed by atoms with van der Waals surface area (Å²) in [6.07, 6.45) is 2.33. The van der Waals surface area contributed by atoms with Gasteiger partial charge in [-0.05, 0) is 50.6 Å². The van der Waals surface area contributed by atoms with Crippen LogP contribution in [0.25, 0.3) is 5.69 Å². The Morgan fingerprint density at radius 2 is 1.87 bits per heavy atom. The molecule has 0 aliphatic rings. The van der Waals surface area contributed by atoms with Crippen LogP contribution in [0.4, 0.5) is 4.39 Å². The molecule has 1 heterocycles. The molecule has 0 radical (unpaired) electrons. The maximum atomic E-state index is 13.8. The van der Waals surface area contributed by atoms with Gasteiger partial charge in [0.1, 0.15) is 11.6 Å². The van der Waals surface area contributed by atoms with Gasteiger partial charge in [0.15, 0.2) is 0 Å².